The Morgan fingerprint density at radius 3 is 2.42 bits per heavy atom. The Balaban J connectivity index is 1.51. The molecule has 2 aliphatic heterocycles. The van der Waals surface area contributed by atoms with E-state index in [1.165, 1.54) is 34.6 Å². The Morgan fingerprint density at radius 1 is 0.968 bits per heavy atom. The lowest BCUT2D eigenvalue weighted by Crippen LogP contribution is -2.41. The van der Waals surface area contributed by atoms with E-state index < -0.39 is 27.6 Å². The van der Waals surface area contributed by atoms with E-state index in [0.717, 1.165) is 12.1 Å². The molecule has 0 aromatic heterocycles. The molecule has 164 valence electrons. The van der Waals surface area contributed by atoms with E-state index >= 15 is 0 Å². The highest BCUT2D eigenvalue weighted by Crippen LogP contribution is 2.34. The van der Waals surface area contributed by atoms with Crippen molar-refractivity contribution in [3.63, 3.8) is 0 Å². The summed E-state index contributed by atoms with van der Waals surface area (Å²) >= 11 is 0. The third-order valence-corrected chi connectivity index (χ3v) is 7.48. The van der Waals surface area contributed by atoms with Crippen molar-refractivity contribution in [2.75, 3.05) is 31.5 Å². The van der Waals surface area contributed by atoms with Crippen molar-refractivity contribution in [2.45, 2.75) is 23.7 Å². The van der Waals surface area contributed by atoms with E-state index in [9.17, 15) is 26.8 Å². The van der Waals surface area contributed by atoms with Gasteiger partial charge < -0.3 is 10.2 Å². The van der Waals surface area contributed by atoms with Gasteiger partial charge in [-0.15, -0.1) is 0 Å². The van der Waals surface area contributed by atoms with Gasteiger partial charge in [0.25, 0.3) is 0 Å². The number of carbonyl (C=O) groups is 2. The summed E-state index contributed by atoms with van der Waals surface area (Å²) < 4.78 is 53.7. The van der Waals surface area contributed by atoms with Crippen LogP contribution in [-0.2, 0) is 19.6 Å². The topological polar surface area (TPSA) is 86.8 Å². The molecule has 1 saturated heterocycles. The first-order chi connectivity index (χ1) is 14.8. The van der Waals surface area contributed by atoms with E-state index in [-0.39, 0.29) is 48.5 Å². The third-order valence-electron chi connectivity index (χ3n) is 5.57. The molecular formula is C21H21F2N3O4S. The first-order valence-corrected chi connectivity index (χ1v) is 11.3. The molecule has 2 aromatic rings. The first kappa shape index (κ1) is 21.4. The molecule has 2 heterocycles. The second kappa shape index (κ2) is 8.35. The number of benzene rings is 2. The van der Waals surface area contributed by atoms with Crippen molar-refractivity contribution in [1.29, 1.82) is 0 Å². The molecular weight excluding hydrogens is 428 g/mol. The molecule has 0 unspecified atom stereocenters. The fourth-order valence-electron chi connectivity index (χ4n) is 3.99. The van der Waals surface area contributed by atoms with Gasteiger partial charge >= 0.3 is 0 Å². The molecule has 1 atom stereocenters. The molecule has 0 spiro atoms. The number of nitrogens with one attached hydrogen (secondary N) is 1. The van der Waals surface area contributed by atoms with Crippen molar-refractivity contribution in [1.82, 2.24) is 9.21 Å². The maximum Gasteiger partial charge on any atom is 0.243 e. The van der Waals surface area contributed by atoms with Crippen LogP contribution in [0.4, 0.5) is 14.5 Å². The highest BCUT2D eigenvalue weighted by atomic mass is 32.2. The lowest BCUT2D eigenvalue weighted by molar-refractivity contribution is -0.134. The highest BCUT2D eigenvalue weighted by molar-refractivity contribution is 7.89. The largest absolute Gasteiger partial charge is 0.341 e. The van der Waals surface area contributed by atoms with E-state index in [4.69, 9.17) is 0 Å². The molecule has 4 rings (SSSR count). The Morgan fingerprint density at radius 2 is 1.68 bits per heavy atom. The minimum absolute atomic E-state index is 0.00594. The van der Waals surface area contributed by atoms with E-state index in [1.54, 1.807) is 4.90 Å². The maximum absolute atomic E-state index is 13.5. The molecule has 2 amide bonds. The van der Waals surface area contributed by atoms with E-state index in [1.807, 2.05) is 0 Å². The zero-order valence-corrected chi connectivity index (χ0v) is 17.4. The van der Waals surface area contributed by atoms with Crippen LogP contribution < -0.4 is 5.32 Å². The molecule has 2 aromatic carbocycles. The number of carbonyl (C=O) groups excluding carboxylic acids is 2. The van der Waals surface area contributed by atoms with Gasteiger partial charge in [0.1, 0.15) is 11.6 Å². The van der Waals surface area contributed by atoms with Crippen LogP contribution in [-0.4, -0.2) is 55.6 Å². The van der Waals surface area contributed by atoms with Crippen molar-refractivity contribution in [3.8, 4) is 0 Å². The first-order valence-electron chi connectivity index (χ1n) is 9.89. The third kappa shape index (κ3) is 4.31. The summed E-state index contributed by atoms with van der Waals surface area (Å²) in [6, 6.07) is 8.55. The SMILES string of the molecule is O=C1C[C@H](C(=O)N2CCCN(S(=O)(=O)c3ccc(F)cc3)CC2)c2ccc(F)cc2N1. The predicted molar refractivity (Wildman–Crippen MR) is 109 cm³/mol. The summed E-state index contributed by atoms with van der Waals surface area (Å²) in [5.74, 6) is -2.44. The summed E-state index contributed by atoms with van der Waals surface area (Å²) in [6.07, 6.45) is 0.368. The number of rotatable bonds is 3. The number of nitrogens with zero attached hydrogens (tertiary/aromatic N) is 2. The van der Waals surface area contributed by atoms with E-state index in [2.05, 4.69) is 5.32 Å². The van der Waals surface area contributed by atoms with Crippen LogP contribution in [0.5, 0.6) is 0 Å². The molecule has 1 N–H and O–H groups in total. The molecule has 0 aliphatic carbocycles. The van der Waals surface area contributed by atoms with Crippen molar-refractivity contribution < 1.29 is 26.8 Å². The molecule has 0 saturated carbocycles. The van der Waals surface area contributed by atoms with Gasteiger partial charge in [-0.25, -0.2) is 17.2 Å². The van der Waals surface area contributed by atoms with Gasteiger partial charge in [0.15, 0.2) is 0 Å². The number of halogens is 2. The lowest BCUT2D eigenvalue weighted by atomic mass is 9.89. The van der Waals surface area contributed by atoms with Crippen molar-refractivity contribution in [3.05, 3.63) is 59.7 Å². The van der Waals surface area contributed by atoms with Gasteiger partial charge in [-0.3, -0.25) is 9.59 Å². The Bertz CT molecular complexity index is 1120. The van der Waals surface area contributed by atoms with Gasteiger partial charge in [0.05, 0.1) is 10.8 Å². The molecule has 0 bridgehead atoms. The van der Waals surface area contributed by atoms with Crippen LogP contribution in [0.3, 0.4) is 0 Å². The zero-order chi connectivity index (χ0) is 22.2. The summed E-state index contributed by atoms with van der Waals surface area (Å²) in [6.45, 7) is 0.800. The molecule has 31 heavy (non-hydrogen) atoms. The summed E-state index contributed by atoms with van der Waals surface area (Å²) in [5.41, 5.74) is 0.830. The van der Waals surface area contributed by atoms with Crippen LogP contribution in [0.15, 0.2) is 47.4 Å². The lowest BCUT2D eigenvalue weighted by Gasteiger charge is -2.30. The number of anilines is 1. The molecule has 2 aliphatic rings. The van der Waals surface area contributed by atoms with Gasteiger partial charge in [0.2, 0.25) is 21.8 Å². The fraction of sp³-hybridized carbons (Fsp3) is 0.333. The van der Waals surface area contributed by atoms with Crippen LogP contribution >= 0.6 is 0 Å². The average molecular weight is 449 g/mol. The van der Waals surface area contributed by atoms with Gasteiger partial charge in [-0.1, -0.05) is 6.07 Å². The highest BCUT2D eigenvalue weighted by Gasteiger charge is 2.35. The standard InChI is InChI=1S/C21H21F2N3O4S/c22-14-2-5-16(6-3-14)31(29,30)26-9-1-8-25(10-11-26)21(28)18-13-20(27)24-19-12-15(23)4-7-17(18)19/h2-7,12,18H,1,8-11,13H2,(H,24,27)/t18-/m0/s1. The normalized spacial score (nSPS) is 20.0. The van der Waals surface area contributed by atoms with E-state index in [0.29, 0.717) is 18.5 Å². The summed E-state index contributed by atoms with van der Waals surface area (Å²) in [5, 5.41) is 2.59. The predicted octanol–water partition coefficient (Wildman–Crippen LogP) is 2.31. The Labute approximate surface area is 178 Å². The number of hydrogen-bond acceptors (Lipinski definition) is 4. The molecule has 10 heteroatoms. The number of sulfonamides is 1. The average Bonchev–Trinajstić information content (AvgIpc) is 2.99. The summed E-state index contributed by atoms with van der Waals surface area (Å²) in [7, 11) is -3.82. The number of amides is 2. The Hall–Kier alpha value is -2.85. The molecule has 0 radical (unpaired) electrons. The molecule has 1 fully saturated rings. The summed E-state index contributed by atoms with van der Waals surface area (Å²) in [4.78, 5) is 26.8. The smallest absolute Gasteiger partial charge is 0.243 e. The van der Waals surface area contributed by atoms with Crippen molar-refractivity contribution >= 4 is 27.5 Å². The molecule has 7 nitrogen and oxygen atoms in total. The van der Waals surface area contributed by atoms with Crippen LogP contribution in [0.2, 0.25) is 0 Å². The monoisotopic (exact) mass is 449 g/mol. The van der Waals surface area contributed by atoms with Gasteiger partial charge in [-0.05, 0) is 48.4 Å². The Kier molecular flexibility index (Phi) is 5.76. The van der Waals surface area contributed by atoms with Gasteiger partial charge in [0, 0.05) is 38.3 Å². The van der Waals surface area contributed by atoms with Crippen LogP contribution in [0.25, 0.3) is 0 Å². The van der Waals surface area contributed by atoms with Crippen LogP contribution in [0.1, 0.15) is 24.3 Å². The van der Waals surface area contributed by atoms with Crippen molar-refractivity contribution in [2.24, 2.45) is 0 Å². The zero-order valence-electron chi connectivity index (χ0n) is 16.6. The minimum Gasteiger partial charge on any atom is -0.341 e. The second-order valence-corrected chi connectivity index (χ2v) is 9.51. The quantitative estimate of drug-likeness (QED) is 0.779. The fourth-order valence-corrected chi connectivity index (χ4v) is 5.46. The maximum atomic E-state index is 13.5. The van der Waals surface area contributed by atoms with Gasteiger partial charge in [-0.2, -0.15) is 4.31 Å². The van der Waals surface area contributed by atoms with Crippen LogP contribution in [0, 0.1) is 11.6 Å². The number of fused-ring (bicyclic) bond motifs is 1. The minimum atomic E-state index is -3.82. The number of hydrogen-bond donors (Lipinski definition) is 1. The second-order valence-electron chi connectivity index (χ2n) is 7.57.